The Morgan fingerprint density at radius 1 is 1.22 bits per heavy atom. The van der Waals surface area contributed by atoms with E-state index in [1.807, 2.05) is 11.0 Å². The molecule has 0 radical (unpaired) electrons. The minimum atomic E-state index is -0.0453. The number of aromatic amines is 1. The van der Waals surface area contributed by atoms with Crippen LogP contribution in [0.3, 0.4) is 0 Å². The highest BCUT2D eigenvalue weighted by molar-refractivity contribution is 7.18. The van der Waals surface area contributed by atoms with E-state index in [9.17, 15) is 9.59 Å². The molecule has 1 amide bonds. The van der Waals surface area contributed by atoms with Gasteiger partial charge < -0.3 is 9.88 Å². The number of nitrogens with one attached hydrogen (secondary N) is 1. The fraction of sp³-hybridized carbons (Fsp3) is 0.500. The van der Waals surface area contributed by atoms with Crippen LogP contribution >= 0.6 is 11.3 Å². The van der Waals surface area contributed by atoms with E-state index >= 15 is 0 Å². The number of H-pyrrole nitrogens is 1. The number of amides is 1. The highest BCUT2D eigenvalue weighted by Crippen LogP contribution is 2.42. The lowest BCUT2D eigenvalue weighted by molar-refractivity contribution is -0.132. The molecule has 32 heavy (non-hydrogen) atoms. The van der Waals surface area contributed by atoms with E-state index in [0.29, 0.717) is 31.1 Å². The van der Waals surface area contributed by atoms with Gasteiger partial charge in [-0.2, -0.15) is 0 Å². The van der Waals surface area contributed by atoms with Crippen LogP contribution in [0.5, 0.6) is 0 Å². The zero-order valence-electron chi connectivity index (χ0n) is 19.2. The highest BCUT2D eigenvalue weighted by atomic mass is 32.1. The standard InChI is InChI=1S/C26H31N3O2S/c1-26(2,3)18-8-9-19-20(14-18)32-25-23(19)24(31)27-21(28-25)10-11-22(30)29-13-12-16-6-4-5-7-17(16)15-29/h4-7,18H,8-15H2,1-3H3,(H,27,28,31)/t18-/m0/s1. The molecular weight excluding hydrogens is 418 g/mol. The van der Waals surface area contributed by atoms with Gasteiger partial charge in [-0.05, 0) is 53.7 Å². The van der Waals surface area contributed by atoms with Crippen molar-refractivity contribution in [2.24, 2.45) is 11.3 Å². The summed E-state index contributed by atoms with van der Waals surface area (Å²) in [4.78, 5) is 37.6. The Hall–Kier alpha value is -2.47. The molecule has 168 valence electrons. The molecular formula is C26H31N3O2S. The van der Waals surface area contributed by atoms with Gasteiger partial charge in [0.05, 0.1) is 5.39 Å². The molecule has 2 aromatic heterocycles. The maximum Gasteiger partial charge on any atom is 0.259 e. The first-order valence-corrected chi connectivity index (χ1v) is 12.5. The van der Waals surface area contributed by atoms with Crippen molar-refractivity contribution >= 4 is 27.5 Å². The van der Waals surface area contributed by atoms with Crippen molar-refractivity contribution in [2.45, 2.75) is 65.8 Å². The molecule has 1 aromatic carbocycles. The zero-order chi connectivity index (χ0) is 22.5. The predicted octanol–water partition coefficient (Wildman–Crippen LogP) is 4.65. The molecule has 0 unspecified atom stereocenters. The number of carbonyl (C=O) groups excluding carboxylic acids is 1. The van der Waals surface area contributed by atoms with Gasteiger partial charge in [-0.25, -0.2) is 4.98 Å². The van der Waals surface area contributed by atoms with E-state index in [-0.39, 0.29) is 16.9 Å². The lowest BCUT2D eigenvalue weighted by atomic mass is 9.72. The summed E-state index contributed by atoms with van der Waals surface area (Å²) in [5, 5.41) is 0.778. The van der Waals surface area contributed by atoms with E-state index in [1.54, 1.807) is 11.3 Å². The number of aromatic nitrogens is 2. The third kappa shape index (κ3) is 4.01. The summed E-state index contributed by atoms with van der Waals surface area (Å²) < 4.78 is 0. The van der Waals surface area contributed by atoms with E-state index in [0.717, 1.165) is 42.4 Å². The average molecular weight is 450 g/mol. The van der Waals surface area contributed by atoms with E-state index in [2.05, 4.69) is 44.0 Å². The monoisotopic (exact) mass is 449 g/mol. The summed E-state index contributed by atoms with van der Waals surface area (Å²) in [6.45, 7) is 8.33. The minimum absolute atomic E-state index is 0.0453. The van der Waals surface area contributed by atoms with Crippen molar-refractivity contribution in [3.63, 3.8) is 0 Å². The predicted molar refractivity (Wildman–Crippen MR) is 129 cm³/mol. The number of aryl methyl sites for hydroxylation is 2. The van der Waals surface area contributed by atoms with Gasteiger partial charge in [0.15, 0.2) is 0 Å². The number of thiophene rings is 1. The van der Waals surface area contributed by atoms with Crippen molar-refractivity contribution in [1.82, 2.24) is 14.9 Å². The second-order valence-corrected chi connectivity index (χ2v) is 11.4. The Bertz CT molecular complexity index is 1230. The van der Waals surface area contributed by atoms with Crippen LogP contribution in [0.15, 0.2) is 29.1 Å². The first kappa shape index (κ1) is 21.4. The molecule has 1 atom stereocenters. The number of nitrogens with zero attached hydrogens (tertiary/aromatic N) is 2. The number of fused-ring (bicyclic) bond motifs is 4. The molecule has 3 heterocycles. The van der Waals surface area contributed by atoms with Gasteiger partial charge in [-0.1, -0.05) is 45.0 Å². The van der Waals surface area contributed by atoms with Crippen LogP contribution in [0.25, 0.3) is 10.2 Å². The zero-order valence-corrected chi connectivity index (χ0v) is 20.0. The maximum atomic E-state index is 12.9. The smallest absolute Gasteiger partial charge is 0.259 e. The van der Waals surface area contributed by atoms with Gasteiger partial charge in [-0.3, -0.25) is 9.59 Å². The fourth-order valence-corrected chi connectivity index (χ4v) is 6.50. The Kier molecular flexibility index (Phi) is 5.44. The lowest BCUT2D eigenvalue weighted by Crippen LogP contribution is -2.36. The van der Waals surface area contributed by atoms with Gasteiger partial charge in [0.1, 0.15) is 10.7 Å². The molecule has 2 aliphatic rings. The first-order valence-electron chi connectivity index (χ1n) is 11.7. The SMILES string of the molecule is CC(C)(C)[C@H]1CCc2c(sc3nc(CCC(=O)N4CCc5ccccc5C4)[nH]c(=O)c23)C1. The van der Waals surface area contributed by atoms with Crippen LogP contribution in [0.2, 0.25) is 0 Å². The number of hydrogen-bond acceptors (Lipinski definition) is 4. The largest absolute Gasteiger partial charge is 0.338 e. The van der Waals surface area contributed by atoms with E-state index < -0.39 is 0 Å². The quantitative estimate of drug-likeness (QED) is 0.633. The lowest BCUT2D eigenvalue weighted by Gasteiger charge is -2.33. The Labute approximate surface area is 192 Å². The average Bonchev–Trinajstić information content (AvgIpc) is 3.14. The molecule has 1 aliphatic carbocycles. The number of carbonyl (C=O) groups is 1. The third-order valence-corrected chi connectivity index (χ3v) is 8.40. The molecule has 1 aliphatic heterocycles. The summed E-state index contributed by atoms with van der Waals surface area (Å²) in [6.07, 6.45) is 4.85. The molecule has 3 aromatic rings. The third-order valence-electron chi connectivity index (χ3n) is 7.25. The van der Waals surface area contributed by atoms with E-state index in [1.165, 1.54) is 21.6 Å². The molecule has 0 saturated heterocycles. The number of rotatable bonds is 3. The van der Waals surface area contributed by atoms with Gasteiger partial charge in [0.2, 0.25) is 5.91 Å². The Balaban J connectivity index is 1.31. The summed E-state index contributed by atoms with van der Waals surface area (Å²) in [6, 6.07) is 8.33. The topological polar surface area (TPSA) is 66.1 Å². The van der Waals surface area contributed by atoms with Crippen LogP contribution in [0.4, 0.5) is 0 Å². The van der Waals surface area contributed by atoms with Gasteiger partial charge in [-0.15, -0.1) is 11.3 Å². The van der Waals surface area contributed by atoms with E-state index in [4.69, 9.17) is 4.98 Å². The Morgan fingerprint density at radius 2 is 2.00 bits per heavy atom. The molecule has 0 saturated carbocycles. The normalized spacial score (nSPS) is 18.5. The van der Waals surface area contributed by atoms with Crippen molar-refractivity contribution in [1.29, 1.82) is 0 Å². The maximum absolute atomic E-state index is 12.9. The first-order chi connectivity index (χ1) is 15.3. The van der Waals surface area contributed by atoms with Crippen LogP contribution in [-0.4, -0.2) is 27.3 Å². The van der Waals surface area contributed by atoms with Crippen molar-refractivity contribution in [3.05, 3.63) is 62.0 Å². The Morgan fingerprint density at radius 3 is 2.78 bits per heavy atom. The summed E-state index contributed by atoms with van der Waals surface area (Å²) in [5.74, 6) is 1.38. The summed E-state index contributed by atoms with van der Waals surface area (Å²) in [7, 11) is 0. The number of benzene rings is 1. The van der Waals surface area contributed by atoms with Crippen molar-refractivity contribution in [3.8, 4) is 0 Å². The van der Waals surface area contributed by atoms with Gasteiger partial charge >= 0.3 is 0 Å². The van der Waals surface area contributed by atoms with Crippen LogP contribution in [-0.2, 0) is 37.0 Å². The molecule has 1 N–H and O–H groups in total. The number of hydrogen-bond donors (Lipinski definition) is 1. The molecule has 0 spiro atoms. The molecule has 6 heteroatoms. The summed E-state index contributed by atoms with van der Waals surface area (Å²) in [5.41, 5.74) is 4.00. The van der Waals surface area contributed by atoms with Crippen molar-refractivity contribution in [2.75, 3.05) is 6.54 Å². The second-order valence-electron chi connectivity index (χ2n) is 10.3. The van der Waals surface area contributed by atoms with Gasteiger partial charge in [0.25, 0.3) is 5.56 Å². The molecule has 0 bridgehead atoms. The van der Waals surface area contributed by atoms with Gasteiger partial charge in [0, 0.05) is 30.8 Å². The highest BCUT2D eigenvalue weighted by Gasteiger charge is 2.31. The molecule has 0 fully saturated rings. The summed E-state index contributed by atoms with van der Waals surface area (Å²) >= 11 is 1.68. The molecule has 5 nitrogen and oxygen atoms in total. The second kappa shape index (κ2) is 8.14. The molecule has 5 rings (SSSR count). The van der Waals surface area contributed by atoms with Crippen LogP contribution < -0.4 is 5.56 Å². The minimum Gasteiger partial charge on any atom is -0.338 e. The van der Waals surface area contributed by atoms with Crippen LogP contribution in [0, 0.1) is 11.3 Å². The van der Waals surface area contributed by atoms with Crippen LogP contribution in [0.1, 0.15) is 61.0 Å². The van der Waals surface area contributed by atoms with Crippen molar-refractivity contribution < 1.29 is 4.79 Å². The fourth-order valence-electron chi connectivity index (χ4n) is 5.18.